The van der Waals surface area contributed by atoms with E-state index < -0.39 is 18.1 Å². The van der Waals surface area contributed by atoms with Gasteiger partial charge in [-0.1, -0.05) is 0 Å². The summed E-state index contributed by atoms with van der Waals surface area (Å²) in [6.07, 6.45) is -1.54. The summed E-state index contributed by atoms with van der Waals surface area (Å²) in [6.45, 7) is 0.449. The second kappa shape index (κ2) is 7.41. The maximum absolute atomic E-state index is 11.8. The van der Waals surface area contributed by atoms with Crippen molar-refractivity contribution < 1.29 is 27.5 Å². The molecule has 20 heavy (non-hydrogen) atoms. The molecule has 6 nitrogen and oxygen atoms in total. The number of alkyl halides is 3. The van der Waals surface area contributed by atoms with Crippen LogP contribution in [0, 0.1) is 0 Å². The number of nitrogens with one attached hydrogen (secondary N) is 1. The number of halogens is 3. The molecule has 0 atom stereocenters. The summed E-state index contributed by atoms with van der Waals surface area (Å²) in [7, 11) is 0. The molecule has 0 fully saturated rings. The predicted molar refractivity (Wildman–Crippen MR) is 61.5 cm³/mol. The van der Waals surface area contributed by atoms with Crippen LogP contribution >= 0.6 is 0 Å². The fourth-order valence-corrected chi connectivity index (χ4v) is 1.20. The van der Waals surface area contributed by atoms with Crippen LogP contribution in [-0.4, -0.2) is 34.6 Å². The number of aromatic nitrogens is 2. The van der Waals surface area contributed by atoms with Gasteiger partial charge in [-0.15, -0.1) is 0 Å². The van der Waals surface area contributed by atoms with Gasteiger partial charge in [0.15, 0.2) is 0 Å². The molecule has 0 aromatic carbocycles. The highest BCUT2D eigenvalue weighted by atomic mass is 19.4. The Balaban J connectivity index is 2.12. The third-order valence-electron chi connectivity index (χ3n) is 2.09. The summed E-state index contributed by atoms with van der Waals surface area (Å²) >= 11 is 0. The van der Waals surface area contributed by atoms with Crippen molar-refractivity contribution in [1.29, 1.82) is 0 Å². The molecule has 0 amide bonds. The van der Waals surface area contributed by atoms with E-state index in [1.54, 1.807) is 18.5 Å². The van der Waals surface area contributed by atoms with Crippen LogP contribution in [0.25, 0.3) is 0 Å². The number of nitrogens with zero attached hydrogens (tertiary/aromatic N) is 2. The Labute approximate surface area is 112 Å². The highest BCUT2D eigenvalue weighted by molar-refractivity contribution is 5.88. The first-order valence-corrected chi connectivity index (χ1v) is 5.72. The topological polar surface area (TPSA) is 81.2 Å². The number of carbonyl (C=O) groups is 2. The average molecular weight is 291 g/mol. The van der Waals surface area contributed by atoms with E-state index in [0.29, 0.717) is 18.9 Å². The number of rotatable bonds is 6. The Morgan fingerprint density at radius 2 is 1.85 bits per heavy atom. The summed E-state index contributed by atoms with van der Waals surface area (Å²) in [5.74, 6) is -3.26. The summed E-state index contributed by atoms with van der Waals surface area (Å²) in [5.41, 5.74) is 0. The number of hydrogen-bond acceptors (Lipinski definition) is 6. The van der Waals surface area contributed by atoms with E-state index in [2.05, 4.69) is 20.0 Å². The van der Waals surface area contributed by atoms with E-state index in [0.717, 1.165) is 0 Å². The SMILES string of the molecule is O=C(CCCCNc1ncccn1)OC(=O)C(F)(F)F. The number of ether oxygens (including phenoxy) is 1. The number of esters is 2. The van der Waals surface area contributed by atoms with E-state index in [4.69, 9.17) is 0 Å². The predicted octanol–water partition coefficient (Wildman–Crippen LogP) is 1.69. The van der Waals surface area contributed by atoms with Crippen LogP contribution in [-0.2, 0) is 14.3 Å². The zero-order valence-electron chi connectivity index (χ0n) is 10.3. The minimum atomic E-state index is -5.15. The summed E-state index contributed by atoms with van der Waals surface area (Å²) < 4.78 is 39.0. The zero-order chi connectivity index (χ0) is 15.0. The lowest BCUT2D eigenvalue weighted by Gasteiger charge is -2.06. The Hall–Kier alpha value is -2.19. The van der Waals surface area contributed by atoms with Crippen LogP contribution in [0.1, 0.15) is 19.3 Å². The van der Waals surface area contributed by atoms with Gasteiger partial charge in [0.2, 0.25) is 5.95 Å². The molecule has 0 saturated carbocycles. The zero-order valence-corrected chi connectivity index (χ0v) is 10.3. The molecule has 0 bridgehead atoms. The quantitative estimate of drug-likeness (QED) is 0.488. The minimum absolute atomic E-state index is 0.265. The molecule has 0 radical (unpaired) electrons. The van der Waals surface area contributed by atoms with Gasteiger partial charge in [-0.3, -0.25) is 4.79 Å². The molecule has 0 saturated heterocycles. The van der Waals surface area contributed by atoms with Gasteiger partial charge in [0.1, 0.15) is 0 Å². The van der Waals surface area contributed by atoms with Gasteiger partial charge < -0.3 is 10.1 Å². The third kappa shape index (κ3) is 6.12. The maximum Gasteiger partial charge on any atom is 0.491 e. The molecule has 110 valence electrons. The number of hydrogen-bond donors (Lipinski definition) is 1. The van der Waals surface area contributed by atoms with Gasteiger partial charge in [-0.25, -0.2) is 14.8 Å². The molecular formula is C11H12F3N3O3. The summed E-state index contributed by atoms with van der Waals surface area (Å²) in [4.78, 5) is 29.1. The fraction of sp³-hybridized carbons (Fsp3) is 0.455. The van der Waals surface area contributed by atoms with Crippen molar-refractivity contribution in [2.45, 2.75) is 25.4 Å². The van der Waals surface area contributed by atoms with Gasteiger partial charge in [0.25, 0.3) is 0 Å². The van der Waals surface area contributed by atoms with Crippen LogP contribution in [0.5, 0.6) is 0 Å². The van der Waals surface area contributed by atoms with Crippen LogP contribution in [0.4, 0.5) is 19.1 Å². The van der Waals surface area contributed by atoms with Crippen molar-refractivity contribution in [3.8, 4) is 0 Å². The second-order valence-electron chi connectivity index (χ2n) is 3.72. The minimum Gasteiger partial charge on any atom is -0.386 e. The molecular weight excluding hydrogens is 279 g/mol. The largest absolute Gasteiger partial charge is 0.491 e. The first-order chi connectivity index (χ1) is 9.39. The van der Waals surface area contributed by atoms with Crippen molar-refractivity contribution in [2.24, 2.45) is 0 Å². The van der Waals surface area contributed by atoms with Gasteiger partial charge in [0.05, 0.1) is 0 Å². The first-order valence-electron chi connectivity index (χ1n) is 5.72. The monoisotopic (exact) mass is 291 g/mol. The Morgan fingerprint density at radius 1 is 1.20 bits per heavy atom. The summed E-state index contributed by atoms with van der Waals surface area (Å²) in [5, 5.41) is 2.86. The van der Waals surface area contributed by atoms with Gasteiger partial charge in [0, 0.05) is 25.4 Å². The van der Waals surface area contributed by atoms with Crippen molar-refractivity contribution in [3.63, 3.8) is 0 Å². The van der Waals surface area contributed by atoms with Gasteiger partial charge >= 0.3 is 18.1 Å². The molecule has 9 heteroatoms. The molecule has 1 rings (SSSR count). The van der Waals surface area contributed by atoms with Gasteiger partial charge in [-0.05, 0) is 18.9 Å². The molecule has 1 aromatic heterocycles. The molecule has 1 heterocycles. The standard InChI is InChI=1S/C11H12F3N3O3/c12-11(13,14)9(19)20-8(18)4-1-2-5-15-10-16-6-3-7-17-10/h3,6-7H,1-2,4-5H2,(H,15,16,17). The molecule has 0 aliphatic rings. The van der Waals surface area contributed by atoms with E-state index >= 15 is 0 Å². The number of unbranched alkanes of at least 4 members (excludes halogenated alkanes) is 1. The molecule has 0 spiro atoms. The van der Waals surface area contributed by atoms with Crippen LogP contribution in [0.3, 0.4) is 0 Å². The molecule has 0 aliphatic carbocycles. The van der Waals surface area contributed by atoms with Crippen molar-refractivity contribution in [2.75, 3.05) is 11.9 Å². The van der Waals surface area contributed by atoms with E-state index in [-0.39, 0.29) is 12.8 Å². The van der Waals surface area contributed by atoms with Crippen LogP contribution in [0.2, 0.25) is 0 Å². The third-order valence-corrected chi connectivity index (χ3v) is 2.09. The normalized spacial score (nSPS) is 10.9. The molecule has 0 unspecified atom stereocenters. The Kier molecular flexibility index (Phi) is 5.88. The molecule has 1 N–H and O–H groups in total. The molecule has 0 aliphatic heterocycles. The Bertz CT molecular complexity index is 451. The van der Waals surface area contributed by atoms with Crippen LogP contribution in [0.15, 0.2) is 18.5 Å². The van der Waals surface area contributed by atoms with E-state index in [9.17, 15) is 22.8 Å². The number of carbonyl (C=O) groups excluding carboxylic acids is 2. The second-order valence-corrected chi connectivity index (χ2v) is 3.72. The van der Waals surface area contributed by atoms with E-state index in [1.165, 1.54) is 0 Å². The van der Waals surface area contributed by atoms with Crippen LogP contribution < -0.4 is 5.32 Å². The average Bonchev–Trinajstić information content (AvgIpc) is 2.38. The fourth-order valence-electron chi connectivity index (χ4n) is 1.20. The lowest BCUT2D eigenvalue weighted by atomic mass is 10.2. The lowest BCUT2D eigenvalue weighted by molar-refractivity contribution is -0.201. The van der Waals surface area contributed by atoms with Gasteiger partial charge in [-0.2, -0.15) is 13.2 Å². The smallest absolute Gasteiger partial charge is 0.386 e. The highest BCUT2D eigenvalue weighted by Crippen LogP contribution is 2.17. The lowest BCUT2D eigenvalue weighted by Crippen LogP contribution is -2.27. The Morgan fingerprint density at radius 3 is 2.45 bits per heavy atom. The van der Waals surface area contributed by atoms with Crippen molar-refractivity contribution in [3.05, 3.63) is 18.5 Å². The van der Waals surface area contributed by atoms with E-state index in [1.807, 2.05) is 0 Å². The summed E-state index contributed by atoms with van der Waals surface area (Å²) in [6, 6.07) is 1.65. The van der Waals surface area contributed by atoms with Crippen molar-refractivity contribution >= 4 is 17.9 Å². The maximum atomic E-state index is 11.8. The van der Waals surface area contributed by atoms with Crippen molar-refractivity contribution in [1.82, 2.24) is 9.97 Å². The molecule has 1 aromatic rings. The first kappa shape index (κ1) is 15.9. The highest BCUT2D eigenvalue weighted by Gasteiger charge is 2.42. The number of anilines is 1.